The van der Waals surface area contributed by atoms with Crippen molar-refractivity contribution >= 4 is 46.2 Å². The molecule has 0 aliphatic carbocycles. The molecule has 57 heavy (non-hydrogen) atoms. The molecule has 3 aromatic heterocycles. The molecular weight excluding hydrogens is 891 g/mol. The minimum Gasteiger partial charge on any atom is -0.501 e. The Morgan fingerprint density at radius 3 is 2.16 bits per heavy atom. The summed E-state index contributed by atoms with van der Waals surface area (Å²) in [6, 6.07) is 54.9. The summed E-state index contributed by atoms with van der Waals surface area (Å²) in [5, 5.41) is 3.64. The van der Waals surface area contributed by atoms with Crippen LogP contribution in [0.15, 0.2) is 150 Å². The Hall–Kier alpha value is -5.39. The number of para-hydroxylation sites is 4. The van der Waals surface area contributed by atoms with Gasteiger partial charge in [0, 0.05) is 42.9 Å². The van der Waals surface area contributed by atoms with Crippen molar-refractivity contribution in [2.24, 2.45) is 0 Å². The number of pyridine rings is 1. The Morgan fingerprint density at radius 2 is 1.42 bits per heavy atom. The summed E-state index contributed by atoms with van der Waals surface area (Å²) in [5.74, 6) is 1.88. The molecule has 3 heterocycles. The minimum atomic E-state index is -1.36. The van der Waals surface area contributed by atoms with E-state index in [0.717, 1.165) is 72.4 Å². The van der Waals surface area contributed by atoms with Crippen LogP contribution in [0.2, 0.25) is 19.6 Å². The van der Waals surface area contributed by atoms with Gasteiger partial charge in [-0.1, -0.05) is 155 Å². The fourth-order valence-electron chi connectivity index (χ4n) is 7.50. The number of imidazole rings is 1. The predicted molar refractivity (Wildman–Crippen MR) is 238 cm³/mol. The molecule has 287 valence electrons. The first kappa shape index (κ1) is 39.8. The first-order valence-electron chi connectivity index (χ1n) is 19.6. The van der Waals surface area contributed by atoms with E-state index in [1.807, 2.05) is 36.4 Å². The molecule has 0 N–H and O–H groups in total. The van der Waals surface area contributed by atoms with Crippen molar-refractivity contribution in [1.82, 2.24) is 14.5 Å². The van der Waals surface area contributed by atoms with Crippen molar-refractivity contribution in [1.29, 1.82) is 0 Å². The molecule has 0 saturated carbocycles. The van der Waals surface area contributed by atoms with Crippen LogP contribution in [-0.2, 0) is 20.1 Å². The molecule has 0 aliphatic heterocycles. The Morgan fingerprint density at radius 1 is 0.702 bits per heavy atom. The molecule has 0 atom stereocenters. The van der Waals surface area contributed by atoms with Crippen LogP contribution >= 0.6 is 0 Å². The van der Waals surface area contributed by atoms with Gasteiger partial charge in [-0.15, -0.1) is 53.6 Å². The van der Waals surface area contributed by atoms with Gasteiger partial charge >= 0.3 is 0 Å². The Labute approximate surface area is 351 Å². The monoisotopic (exact) mass is 938 g/mol. The topological polar surface area (TPSA) is 43.9 Å². The zero-order valence-corrected chi connectivity index (χ0v) is 37.0. The second-order valence-electron chi connectivity index (χ2n) is 16.1. The van der Waals surface area contributed by atoms with Gasteiger partial charge in [0.15, 0.2) is 0 Å². The number of hydrogen-bond donors (Lipinski definition) is 0. The molecule has 0 bridgehead atoms. The summed E-state index contributed by atoms with van der Waals surface area (Å²) in [4.78, 5) is 9.82. The number of rotatable bonds is 7. The maximum Gasteiger partial charge on any atom is 0.120 e. The van der Waals surface area contributed by atoms with Gasteiger partial charge in [0.25, 0.3) is 0 Å². The van der Waals surface area contributed by atoms with Crippen LogP contribution in [0.5, 0.6) is 0 Å². The van der Waals surface area contributed by atoms with Crippen LogP contribution in [0.3, 0.4) is 0 Å². The maximum atomic E-state index is 6.36. The summed E-state index contributed by atoms with van der Waals surface area (Å²) >= 11 is 0. The SMILES string of the molecule is CC(C)c1c[c-]c(-c2cc(C(C)C)c([Si](C)(C)C)cn2)cc1.[Ir].[c-]1ccc2c(oc3ccccc32)c1-c1nc2ccccc2n1-c1ccccc1-c1ccccc1. The van der Waals surface area contributed by atoms with E-state index < -0.39 is 8.07 Å². The molecule has 6 aromatic carbocycles. The van der Waals surface area contributed by atoms with E-state index in [9.17, 15) is 0 Å². The minimum absolute atomic E-state index is 0. The van der Waals surface area contributed by atoms with Crippen LogP contribution in [0, 0.1) is 12.1 Å². The summed E-state index contributed by atoms with van der Waals surface area (Å²) < 4.78 is 8.59. The number of hydrogen-bond acceptors (Lipinski definition) is 3. The number of benzene rings is 6. The molecule has 1 radical (unpaired) electrons. The maximum absolute atomic E-state index is 6.36. The van der Waals surface area contributed by atoms with Crippen LogP contribution in [0.25, 0.3) is 72.4 Å². The zero-order chi connectivity index (χ0) is 39.0. The molecule has 9 aromatic rings. The average Bonchev–Trinajstić information content (AvgIpc) is 3.80. The summed E-state index contributed by atoms with van der Waals surface area (Å²) in [5.41, 5.74) is 12.8. The Kier molecular flexibility index (Phi) is 11.6. The average molecular weight is 938 g/mol. The summed E-state index contributed by atoms with van der Waals surface area (Å²) in [6.07, 6.45) is 2.11. The molecule has 0 unspecified atom stereocenters. The number of nitrogens with zero attached hydrogens (tertiary/aromatic N) is 3. The van der Waals surface area contributed by atoms with Gasteiger partial charge in [-0.25, -0.2) is 0 Å². The Balaban J connectivity index is 0.000000189. The Bertz CT molecular complexity index is 2790. The molecule has 0 aliphatic rings. The van der Waals surface area contributed by atoms with E-state index in [2.05, 4.69) is 173 Å². The molecule has 0 spiro atoms. The molecule has 4 nitrogen and oxygen atoms in total. The molecule has 6 heteroatoms. The first-order chi connectivity index (χ1) is 27.1. The van der Waals surface area contributed by atoms with Crippen molar-refractivity contribution in [2.75, 3.05) is 0 Å². The van der Waals surface area contributed by atoms with Crippen molar-refractivity contribution in [3.63, 3.8) is 0 Å². The molecule has 0 fully saturated rings. The predicted octanol–water partition coefficient (Wildman–Crippen LogP) is 13.4. The van der Waals surface area contributed by atoms with Gasteiger partial charge in [-0.05, 0) is 46.6 Å². The third-order valence-corrected chi connectivity index (χ3v) is 12.5. The molecule has 9 rings (SSSR count). The van der Waals surface area contributed by atoms with Gasteiger partial charge in [0.1, 0.15) is 5.58 Å². The molecule has 0 saturated heterocycles. The van der Waals surface area contributed by atoms with E-state index in [1.54, 1.807) is 0 Å². The van der Waals surface area contributed by atoms with Crippen LogP contribution < -0.4 is 5.19 Å². The van der Waals surface area contributed by atoms with Crippen LogP contribution in [0.4, 0.5) is 0 Å². The first-order valence-corrected chi connectivity index (χ1v) is 23.1. The van der Waals surface area contributed by atoms with Crippen molar-refractivity contribution in [3.05, 3.63) is 169 Å². The van der Waals surface area contributed by atoms with Gasteiger partial charge in [-0.2, -0.15) is 0 Å². The van der Waals surface area contributed by atoms with E-state index in [-0.39, 0.29) is 20.1 Å². The van der Waals surface area contributed by atoms with Gasteiger partial charge < -0.3 is 14.0 Å². The van der Waals surface area contributed by atoms with E-state index in [1.165, 1.54) is 16.3 Å². The summed E-state index contributed by atoms with van der Waals surface area (Å²) in [7, 11) is -1.36. The largest absolute Gasteiger partial charge is 0.501 e. The van der Waals surface area contributed by atoms with Crippen molar-refractivity contribution < 1.29 is 24.5 Å². The van der Waals surface area contributed by atoms with Crippen LogP contribution in [0.1, 0.15) is 50.7 Å². The molecular formula is C51H47IrN3OSi-2. The summed E-state index contributed by atoms with van der Waals surface area (Å²) in [6.45, 7) is 16.1. The second-order valence-corrected chi connectivity index (χ2v) is 21.1. The zero-order valence-electron chi connectivity index (χ0n) is 33.6. The fraction of sp³-hybridized carbons (Fsp3) is 0.176. The second kappa shape index (κ2) is 16.6. The van der Waals surface area contributed by atoms with Gasteiger partial charge in [0.05, 0.1) is 30.5 Å². The number of fused-ring (bicyclic) bond motifs is 4. The van der Waals surface area contributed by atoms with E-state index in [4.69, 9.17) is 14.4 Å². The third kappa shape index (κ3) is 7.95. The fourth-order valence-corrected chi connectivity index (χ4v) is 9.18. The van der Waals surface area contributed by atoms with E-state index in [0.29, 0.717) is 11.8 Å². The molecule has 0 amide bonds. The smallest absolute Gasteiger partial charge is 0.120 e. The van der Waals surface area contributed by atoms with Gasteiger partial charge in [0.2, 0.25) is 0 Å². The van der Waals surface area contributed by atoms with Crippen molar-refractivity contribution in [3.8, 4) is 39.5 Å². The number of furan rings is 1. The number of aromatic nitrogens is 3. The normalized spacial score (nSPS) is 11.6. The quantitative estimate of drug-likeness (QED) is 0.118. The van der Waals surface area contributed by atoms with Gasteiger partial charge in [-0.3, -0.25) is 4.98 Å². The van der Waals surface area contributed by atoms with Crippen molar-refractivity contribution in [2.45, 2.75) is 59.2 Å². The third-order valence-electron chi connectivity index (χ3n) is 10.5. The van der Waals surface area contributed by atoms with Crippen LogP contribution in [-0.4, -0.2) is 22.6 Å². The standard InChI is InChI=1S/C31H19N2O.C20H28NSi.Ir/c1-2-11-21(12-3-1)22-13-4-7-18-27(22)33-28-19-8-6-17-26(28)32-31(33)25-16-10-15-24-23-14-5-9-20-29(23)34-30(24)25;1-14(2)16-8-10-17(11-9-16)19-12-18(15(3)4)20(13-21-19)22(5,6)7;/h1-15,17-20H;8-10,12-15H,1-7H3;/q2*-1;. The van der Waals surface area contributed by atoms with E-state index >= 15 is 0 Å².